The van der Waals surface area contributed by atoms with Crippen LogP contribution in [0.15, 0.2) is 25.0 Å². The Morgan fingerprint density at radius 3 is 2.75 bits per heavy atom. The molecule has 0 spiro atoms. The summed E-state index contributed by atoms with van der Waals surface area (Å²) in [6, 6.07) is 0.223. The number of nitrogens with zero attached hydrogens (tertiary/aromatic N) is 2. The fourth-order valence-corrected chi connectivity index (χ4v) is 0.824. The second-order valence-electron chi connectivity index (χ2n) is 2.66. The van der Waals surface area contributed by atoms with Gasteiger partial charge in [0.25, 0.3) is 0 Å². The van der Waals surface area contributed by atoms with Gasteiger partial charge in [0.2, 0.25) is 0 Å². The standard InChI is InChI=1S/C9H13N3/c1-4-7(2)12-9-8(3)10-5-6-11-9/h4-7H,1H2,2-3H3,(H,11,12). The number of anilines is 1. The van der Waals surface area contributed by atoms with Gasteiger partial charge in [-0.25, -0.2) is 4.98 Å². The Morgan fingerprint density at radius 1 is 1.50 bits per heavy atom. The van der Waals surface area contributed by atoms with E-state index >= 15 is 0 Å². The summed E-state index contributed by atoms with van der Waals surface area (Å²) in [5.74, 6) is 0.824. The molecule has 1 aromatic heterocycles. The minimum atomic E-state index is 0.223. The minimum absolute atomic E-state index is 0.223. The first kappa shape index (κ1) is 8.71. The van der Waals surface area contributed by atoms with E-state index in [1.54, 1.807) is 12.4 Å². The number of aryl methyl sites for hydroxylation is 1. The number of hydrogen-bond donors (Lipinski definition) is 1. The average Bonchev–Trinajstić information content (AvgIpc) is 2.09. The summed E-state index contributed by atoms with van der Waals surface area (Å²) in [5, 5.41) is 3.17. The van der Waals surface area contributed by atoms with Crippen LogP contribution in [0.2, 0.25) is 0 Å². The third-order valence-corrected chi connectivity index (χ3v) is 1.60. The zero-order valence-electron chi connectivity index (χ0n) is 7.41. The molecule has 0 aromatic carbocycles. The minimum Gasteiger partial charge on any atom is -0.363 e. The Labute approximate surface area is 72.6 Å². The van der Waals surface area contributed by atoms with E-state index in [0.29, 0.717) is 0 Å². The summed E-state index contributed by atoms with van der Waals surface area (Å²) in [6.07, 6.45) is 5.18. The lowest BCUT2D eigenvalue weighted by Gasteiger charge is -2.10. The van der Waals surface area contributed by atoms with Gasteiger partial charge in [-0.15, -0.1) is 6.58 Å². The smallest absolute Gasteiger partial charge is 0.147 e. The summed E-state index contributed by atoms with van der Waals surface area (Å²) < 4.78 is 0. The van der Waals surface area contributed by atoms with E-state index in [9.17, 15) is 0 Å². The van der Waals surface area contributed by atoms with Crippen LogP contribution in [0.1, 0.15) is 12.6 Å². The molecule has 0 radical (unpaired) electrons. The van der Waals surface area contributed by atoms with Crippen molar-refractivity contribution in [1.29, 1.82) is 0 Å². The highest BCUT2D eigenvalue weighted by Crippen LogP contribution is 2.07. The number of nitrogens with one attached hydrogen (secondary N) is 1. The van der Waals surface area contributed by atoms with Crippen molar-refractivity contribution >= 4 is 5.82 Å². The topological polar surface area (TPSA) is 37.8 Å². The van der Waals surface area contributed by atoms with Crippen LogP contribution < -0.4 is 5.32 Å². The summed E-state index contributed by atoms with van der Waals surface area (Å²) in [5.41, 5.74) is 0.909. The van der Waals surface area contributed by atoms with Crippen molar-refractivity contribution < 1.29 is 0 Å². The Morgan fingerprint density at radius 2 is 2.17 bits per heavy atom. The van der Waals surface area contributed by atoms with Crippen LogP contribution in [0.3, 0.4) is 0 Å². The van der Waals surface area contributed by atoms with Crippen molar-refractivity contribution in [3.05, 3.63) is 30.7 Å². The maximum atomic E-state index is 4.14. The molecule has 3 heteroatoms. The van der Waals surface area contributed by atoms with Crippen molar-refractivity contribution in [3.8, 4) is 0 Å². The first-order valence-electron chi connectivity index (χ1n) is 3.90. The summed E-state index contributed by atoms with van der Waals surface area (Å²) in [4.78, 5) is 8.25. The first-order chi connectivity index (χ1) is 5.74. The van der Waals surface area contributed by atoms with Gasteiger partial charge in [-0.1, -0.05) is 6.08 Å². The highest BCUT2D eigenvalue weighted by Gasteiger charge is 2.00. The second kappa shape index (κ2) is 3.85. The molecule has 64 valence electrons. The molecule has 0 aliphatic rings. The molecule has 0 saturated carbocycles. The van der Waals surface area contributed by atoms with Gasteiger partial charge >= 0.3 is 0 Å². The van der Waals surface area contributed by atoms with Gasteiger partial charge < -0.3 is 5.32 Å². The zero-order valence-corrected chi connectivity index (χ0v) is 7.41. The fourth-order valence-electron chi connectivity index (χ4n) is 0.824. The Hall–Kier alpha value is -1.38. The second-order valence-corrected chi connectivity index (χ2v) is 2.66. The molecule has 0 aliphatic heterocycles. The van der Waals surface area contributed by atoms with Crippen LogP contribution in [-0.4, -0.2) is 16.0 Å². The summed E-state index contributed by atoms with van der Waals surface area (Å²) in [6.45, 7) is 7.61. The highest BCUT2D eigenvalue weighted by molar-refractivity contribution is 5.40. The molecule has 1 rings (SSSR count). The molecule has 1 N–H and O–H groups in total. The van der Waals surface area contributed by atoms with Crippen molar-refractivity contribution in [3.63, 3.8) is 0 Å². The van der Waals surface area contributed by atoms with E-state index in [4.69, 9.17) is 0 Å². The normalized spacial score (nSPS) is 12.2. The lowest BCUT2D eigenvalue weighted by Crippen LogP contribution is -2.13. The molecule has 0 bridgehead atoms. The summed E-state index contributed by atoms with van der Waals surface area (Å²) in [7, 11) is 0. The summed E-state index contributed by atoms with van der Waals surface area (Å²) >= 11 is 0. The predicted octanol–water partition coefficient (Wildman–Crippen LogP) is 1.77. The molecule has 1 unspecified atom stereocenters. The Kier molecular flexibility index (Phi) is 2.80. The van der Waals surface area contributed by atoms with Crippen LogP contribution in [0.5, 0.6) is 0 Å². The predicted molar refractivity (Wildman–Crippen MR) is 50.1 cm³/mol. The van der Waals surface area contributed by atoms with Crippen molar-refractivity contribution in [1.82, 2.24) is 9.97 Å². The number of rotatable bonds is 3. The van der Waals surface area contributed by atoms with E-state index in [0.717, 1.165) is 11.5 Å². The average molecular weight is 163 g/mol. The van der Waals surface area contributed by atoms with Crippen LogP contribution in [0.25, 0.3) is 0 Å². The Balaban J connectivity index is 2.75. The zero-order chi connectivity index (χ0) is 8.97. The molecule has 0 fully saturated rings. The number of hydrogen-bond acceptors (Lipinski definition) is 3. The maximum Gasteiger partial charge on any atom is 0.147 e. The molecule has 3 nitrogen and oxygen atoms in total. The van der Waals surface area contributed by atoms with Gasteiger partial charge in [-0.2, -0.15) is 0 Å². The van der Waals surface area contributed by atoms with Crippen LogP contribution in [-0.2, 0) is 0 Å². The fraction of sp³-hybridized carbons (Fsp3) is 0.333. The first-order valence-corrected chi connectivity index (χ1v) is 3.90. The maximum absolute atomic E-state index is 4.14. The van der Waals surface area contributed by atoms with Gasteiger partial charge in [-0.05, 0) is 13.8 Å². The molecule has 1 heterocycles. The van der Waals surface area contributed by atoms with Crippen molar-refractivity contribution in [2.45, 2.75) is 19.9 Å². The molecular formula is C9H13N3. The lowest BCUT2D eigenvalue weighted by atomic mass is 10.3. The third-order valence-electron chi connectivity index (χ3n) is 1.60. The van der Waals surface area contributed by atoms with E-state index < -0.39 is 0 Å². The highest BCUT2D eigenvalue weighted by atomic mass is 15.0. The van der Waals surface area contributed by atoms with Crippen molar-refractivity contribution in [2.75, 3.05) is 5.32 Å². The molecule has 12 heavy (non-hydrogen) atoms. The van der Waals surface area contributed by atoms with Gasteiger partial charge in [0.15, 0.2) is 0 Å². The van der Waals surface area contributed by atoms with Gasteiger partial charge in [0, 0.05) is 18.4 Å². The van der Waals surface area contributed by atoms with Crippen LogP contribution in [0.4, 0.5) is 5.82 Å². The van der Waals surface area contributed by atoms with Crippen LogP contribution >= 0.6 is 0 Å². The van der Waals surface area contributed by atoms with Gasteiger partial charge in [0.1, 0.15) is 5.82 Å². The lowest BCUT2D eigenvalue weighted by molar-refractivity contribution is 0.963. The number of aromatic nitrogens is 2. The largest absolute Gasteiger partial charge is 0.363 e. The van der Waals surface area contributed by atoms with Crippen LogP contribution in [0, 0.1) is 6.92 Å². The molecule has 0 amide bonds. The molecule has 0 aliphatic carbocycles. The monoisotopic (exact) mass is 163 g/mol. The molecule has 0 saturated heterocycles. The van der Waals surface area contributed by atoms with Crippen molar-refractivity contribution in [2.24, 2.45) is 0 Å². The van der Waals surface area contributed by atoms with E-state index in [2.05, 4.69) is 21.9 Å². The van der Waals surface area contributed by atoms with E-state index in [1.807, 2.05) is 19.9 Å². The molecule has 1 atom stereocenters. The van der Waals surface area contributed by atoms with E-state index in [-0.39, 0.29) is 6.04 Å². The molecular weight excluding hydrogens is 150 g/mol. The van der Waals surface area contributed by atoms with E-state index in [1.165, 1.54) is 0 Å². The SMILES string of the molecule is C=CC(C)Nc1nccnc1C. The van der Waals surface area contributed by atoms with Gasteiger partial charge in [0.05, 0.1) is 5.69 Å². The quantitative estimate of drug-likeness (QED) is 0.690. The van der Waals surface area contributed by atoms with Gasteiger partial charge in [-0.3, -0.25) is 4.98 Å². The molecule has 1 aromatic rings. The Bertz CT molecular complexity index is 270. The third kappa shape index (κ3) is 2.05.